The van der Waals surface area contributed by atoms with Crippen LogP contribution < -0.4 is 11.9 Å². The summed E-state index contributed by atoms with van der Waals surface area (Å²) in [6.07, 6.45) is 0. The molecule has 60 valence electrons. The average molecular weight is 246 g/mol. The molecule has 0 aromatic rings. The summed E-state index contributed by atoms with van der Waals surface area (Å²) in [6.45, 7) is 8.33. The maximum Gasteiger partial charge on any atom is 0.0120 e. The third-order valence-corrected chi connectivity index (χ3v) is 1.49. The molecule has 0 rings (SSSR count). The predicted octanol–water partition coefficient (Wildman–Crippen LogP) is 2.16. The van der Waals surface area contributed by atoms with E-state index in [0.717, 1.165) is 0 Å². The predicted molar refractivity (Wildman–Crippen MR) is 53.5 cm³/mol. The van der Waals surface area contributed by atoms with E-state index >= 15 is 0 Å². The average Bonchev–Trinajstić information content (AvgIpc) is 1.31. The fraction of sp³-hybridized carbons (Fsp3) is 1.00. The molecule has 0 heterocycles. The number of rotatable bonds is 1. The van der Waals surface area contributed by atoms with Crippen molar-refractivity contribution in [3.8, 4) is 0 Å². The molecule has 0 spiro atoms. The maximum atomic E-state index is 5.68. The van der Waals surface area contributed by atoms with Gasteiger partial charge in [-0.05, 0) is 19.8 Å². The first-order chi connectivity index (χ1) is 2.94. The highest BCUT2D eigenvalue weighted by molar-refractivity contribution is 14.0. The second-order valence-electron chi connectivity index (χ2n) is 2.98. The molecule has 2 nitrogen and oxygen atoms in total. The first-order valence-corrected chi connectivity index (χ1v) is 2.73. The molecule has 0 radical (unpaired) electrons. The fourth-order valence-electron chi connectivity index (χ4n) is 0. The molecule has 0 bridgehead atoms. The van der Waals surface area contributed by atoms with E-state index in [4.69, 9.17) is 5.73 Å². The monoisotopic (exact) mass is 246 g/mol. The summed E-state index contributed by atoms with van der Waals surface area (Å²) in [6, 6.07) is 0. The van der Waals surface area contributed by atoms with Gasteiger partial charge in [-0.25, -0.2) is 0 Å². The maximum absolute atomic E-state index is 5.68. The topological polar surface area (TPSA) is 61.0 Å². The number of hydrogen-bond acceptors (Lipinski definition) is 2. The van der Waals surface area contributed by atoms with Gasteiger partial charge in [0.25, 0.3) is 0 Å². The lowest BCUT2D eigenvalue weighted by Gasteiger charge is -2.22. The first kappa shape index (κ1) is 16.3. The lowest BCUT2D eigenvalue weighted by molar-refractivity contribution is 0.373. The summed E-state index contributed by atoms with van der Waals surface area (Å²) in [5, 5.41) is 0. The minimum atomic E-state index is 0. The zero-order valence-corrected chi connectivity index (χ0v) is 9.10. The van der Waals surface area contributed by atoms with Crippen LogP contribution in [0.3, 0.4) is 0 Å². The van der Waals surface area contributed by atoms with Gasteiger partial charge in [0.15, 0.2) is 0 Å². The highest BCUT2D eigenvalue weighted by atomic mass is 127. The Hall–Kier alpha value is 0.650. The van der Waals surface area contributed by atoms with E-state index in [1.54, 1.807) is 0 Å². The van der Waals surface area contributed by atoms with Gasteiger partial charge in [0, 0.05) is 5.54 Å². The van der Waals surface area contributed by atoms with Gasteiger partial charge in [-0.1, -0.05) is 13.8 Å². The van der Waals surface area contributed by atoms with Crippen molar-refractivity contribution in [3.63, 3.8) is 0 Å². The summed E-state index contributed by atoms with van der Waals surface area (Å²) in [7, 11) is 0. The Kier molecular flexibility index (Phi) is 9.86. The van der Waals surface area contributed by atoms with Crippen LogP contribution in [0.25, 0.3) is 0 Å². The third kappa shape index (κ3) is 8.65. The van der Waals surface area contributed by atoms with Crippen LogP contribution in [0, 0.1) is 5.92 Å². The van der Waals surface area contributed by atoms with Gasteiger partial charge in [-0.3, -0.25) is 0 Å². The Labute approximate surface area is 75.2 Å². The van der Waals surface area contributed by atoms with E-state index < -0.39 is 0 Å². The second-order valence-corrected chi connectivity index (χ2v) is 2.98. The molecule has 0 saturated heterocycles. The molecule has 0 unspecified atom stereocenters. The SMILES string of the molecule is CC(C)C(C)(C)N.I.N. The van der Waals surface area contributed by atoms with Crippen molar-refractivity contribution in [2.75, 3.05) is 0 Å². The van der Waals surface area contributed by atoms with Crippen LogP contribution in [0.1, 0.15) is 27.7 Å². The lowest BCUT2D eigenvalue weighted by Crippen LogP contribution is -2.37. The van der Waals surface area contributed by atoms with Crippen molar-refractivity contribution < 1.29 is 0 Å². The van der Waals surface area contributed by atoms with Crippen molar-refractivity contribution in [2.45, 2.75) is 33.2 Å². The van der Waals surface area contributed by atoms with E-state index in [0.29, 0.717) is 5.92 Å². The Balaban J connectivity index is -0.000000180. The van der Waals surface area contributed by atoms with Gasteiger partial charge in [0.05, 0.1) is 0 Å². The summed E-state index contributed by atoms with van der Waals surface area (Å²) < 4.78 is 0. The van der Waals surface area contributed by atoms with Gasteiger partial charge in [0.1, 0.15) is 0 Å². The molecule has 0 fully saturated rings. The van der Waals surface area contributed by atoms with Crippen molar-refractivity contribution in [3.05, 3.63) is 0 Å². The molecular weight excluding hydrogens is 227 g/mol. The van der Waals surface area contributed by atoms with Crippen LogP contribution in [0.15, 0.2) is 0 Å². The molecule has 0 saturated carbocycles. The number of halogens is 1. The molecule has 5 N–H and O–H groups in total. The van der Waals surface area contributed by atoms with Crippen LogP contribution in [0.2, 0.25) is 0 Å². The fourth-order valence-corrected chi connectivity index (χ4v) is 0. The largest absolute Gasteiger partial charge is 0.344 e. The summed E-state index contributed by atoms with van der Waals surface area (Å²) in [5.74, 6) is 0.576. The normalized spacial score (nSPS) is 10.0. The molecule has 0 atom stereocenters. The van der Waals surface area contributed by atoms with Crippen LogP contribution >= 0.6 is 24.0 Å². The summed E-state index contributed by atoms with van der Waals surface area (Å²) in [5.41, 5.74) is 5.68. The first-order valence-electron chi connectivity index (χ1n) is 2.73. The van der Waals surface area contributed by atoms with Gasteiger partial charge in [-0.15, -0.1) is 24.0 Å². The molecule has 3 heteroatoms. The highest BCUT2D eigenvalue weighted by Crippen LogP contribution is 2.09. The van der Waals surface area contributed by atoms with E-state index in [-0.39, 0.29) is 35.7 Å². The quantitative estimate of drug-likeness (QED) is 0.696. The Morgan fingerprint density at radius 2 is 1.33 bits per heavy atom. The van der Waals surface area contributed by atoms with Crippen molar-refractivity contribution in [1.82, 2.24) is 6.15 Å². The molecule has 0 aliphatic carbocycles. The molecule has 0 aromatic carbocycles. The molecule has 0 aliphatic heterocycles. The molecular formula is C6H19IN2. The second kappa shape index (κ2) is 5.44. The van der Waals surface area contributed by atoms with Gasteiger partial charge in [0.2, 0.25) is 0 Å². The summed E-state index contributed by atoms with van der Waals surface area (Å²) in [4.78, 5) is 0. The zero-order valence-electron chi connectivity index (χ0n) is 6.77. The van der Waals surface area contributed by atoms with E-state index in [9.17, 15) is 0 Å². The van der Waals surface area contributed by atoms with Crippen LogP contribution in [-0.2, 0) is 0 Å². The molecule has 0 aliphatic rings. The highest BCUT2D eigenvalue weighted by Gasteiger charge is 2.14. The third-order valence-electron chi connectivity index (χ3n) is 1.49. The standard InChI is InChI=1S/C6H15N.HI.H3N/c1-5(2)6(3,4)7;;/h5H,7H2,1-4H3;1H;1H3. The van der Waals surface area contributed by atoms with Crippen molar-refractivity contribution in [1.29, 1.82) is 0 Å². The van der Waals surface area contributed by atoms with E-state index in [2.05, 4.69) is 13.8 Å². The van der Waals surface area contributed by atoms with Crippen molar-refractivity contribution in [2.24, 2.45) is 11.7 Å². The lowest BCUT2D eigenvalue weighted by atomic mass is 9.92. The van der Waals surface area contributed by atoms with Gasteiger partial charge >= 0.3 is 0 Å². The minimum Gasteiger partial charge on any atom is -0.344 e. The van der Waals surface area contributed by atoms with Crippen molar-refractivity contribution >= 4 is 24.0 Å². The Morgan fingerprint density at radius 3 is 1.33 bits per heavy atom. The minimum absolute atomic E-state index is 0. The van der Waals surface area contributed by atoms with E-state index in [1.165, 1.54) is 0 Å². The van der Waals surface area contributed by atoms with Gasteiger partial charge in [-0.2, -0.15) is 0 Å². The molecule has 9 heavy (non-hydrogen) atoms. The van der Waals surface area contributed by atoms with Crippen LogP contribution in [0.4, 0.5) is 0 Å². The Bertz CT molecular complexity index is 56.6. The molecule has 0 aromatic heterocycles. The number of hydrogen-bond donors (Lipinski definition) is 2. The van der Waals surface area contributed by atoms with Crippen LogP contribution in [0.5, 0.6) is 0 Å². The van der Waals surface area contributed by atoms with Crippen LogP contribution in [-0.4, -0.2) is 5.54 Å². The van der Waals surface area contributed by atoms with Gasteiger partial charge < -0.3 is 11.9 Å². The van der Waals surface area contributed by atoms with E-state index in [1.807, 2.05) is 13.8 Å². The number of nitrogens with two attached hydrogens (primary N) is 1. The molecule has 0 amide bonds. The Morgan fingerprint density at radius 1 is 1.22 bits per heavy atom. The smallest absolute Gasteiger partial charge is 0.0120 e. The summed E-state index contributed by atoms with van der Waals surface area (Å²) >= 11 is 0. The zero-order chi connectivity index (χ0) is 6.08.